The van der Waals surface area contributed by atoms with E-state index < -0.39 is 0 Å². The Balaban J connectivity index is 0.00000256. The van der Waals surface area contributed by atoms with E-state index in [9.17, 15) is 4.79 Å². The molecule has 8 heteroatoms. The van der Waals surface area contributed by atoms with Crippen LogP contribution in [0.3, 0.4) is 0 Å². The quantitative estimate of drug-likeness (QED) is 0.596. The fourth-order valence-corrected chi connectivity index (χ4v) is 3.83. The first-order chi connectivity index (χ1) is 14.2. The number of methoxy groups -OCH3 is 1. The summed E-state index contributed by atoms with van der Waals surface area (Å²) in [6, 6.07) is 14.8. The lowest BCUT2D eigenvalue weighted by Crippen LogP contribution is -2.29. The molecule has 0 unspecified atom stereocenters. The third kappa shape index (κ3) is 4.78. The highest BCUT2D eigenvalue weighted by Gasteiger charge is 2.27. The van der Waals surface area contributed by atoms with Crippen LogP contribution in [0.4, 0.5) is 5.69 Å². The summed E-state index contributed by atoms with van der Waals surface area (Å²) in [5, 5.41) is 11.6. The molecule has 1 aliphatic rings. The van der Waals surface area contributed by atoms with E-state index in [1.54, 1.807) is 19.4 Å². The summed E-state index contributed by atoms with van der Waals surface area (Å²) >= 11 is 6.05. The van der Waals surface area contributed by atoms with Gasteiger partial charge in [-0.15, -0.1) is 12.4 Å². The van der Waals surface area contributed by atoms with Crippen molar-refractivity contribution in [3.63, 3.8) is 0 Å². The van der Waals surface area contributed by atoms with E-state index in [-0.39, 0.29) is 24.2 Å². The zero-order valence-corrected chi connectivity index (χ0v) is 18.2. The fourth-order valence-electron chi connectivity index (χ4n) is 3.71. The summed E-state index contributed by atoms with van der Waals surface area (Å²) in [6.07, 6.45) is 3.57. The number of ether oxygens (including phenoxy) is 1. The molecule has 30 heavy (non-hydrogen) atoms. The van der Waals surface area contributed by atoms with Crippen molar-refractivity contribution in [2.75, 3.05) is 25.5 Å². The number of carbonyl (C=O) groups excluding carboxylic acids is 1. The number of halogens is 2. The first kappa shape index (κ1) is 22.2. The molecule has 2 aromatic carbocycles. The number of nitrogens with zero attached hydrogens (tertiary/aromatic N) is 2. The molecule has 0 atom stereocenters. The SMILES string of the molecule is COc1cccc(NC(=O)c2cnn(-c3ccc(Cl)cc3)c2C2CCNCC2)c1.Cl. The molecular formula is C22H24Cl2N4O2. The summed E-state index contributed by atoms with van der Waals surface area (Å²) < 4.78 is 7.11. The van der Waals surface area contributed by atoms with Crippen molar-refractivity contribution < 1.29 is 9.53 Å². The van der Waals surface area contributed by atoms with Gasteiger partial charge >= 0.3 is 0 Å². The maximum absolute atomic E-state index is 13.1. The molecule has 3 aromatic rings. The van der Waals surface area contributed by atoms with Gasteiger partial charge in [-0.3, -0.25) is 4.79 Å². The largest absolute Gasteiger partial charge is 0.497 e. The number of piperidine rings is 1. The third-order valence-corrected chi connectivity index (χ3v) is 5.43. The Morgan fingerprint density at radius 3 is 2.63 bits per heavy atom. The number of anilines is 1. The Labute approximate surface area is 187 Å². The maximum Gasteiger partial charge on any atom is 0.259 e. The van der Waals surface area contributed by atoms with Gasteiger partial charge in [0.25, 0.3) is 5.91 Å². The second kappa shape index (κ2) is 9.98. The highest BCUT2D eigenvalue weighted by molar-refractivity contribution is 6.30. The highest BCUT2D eigenvalue weighted by atomic mass is 35.5. The van der Waals surface area contributed by atoms with Crippen molar-refractivity contribution in [2.45, 2.75) is 18.8 Å². The van der Waals surface area contributed by atoms with Gasteiger partial charge in [0.15, 0.2) is 0 Å². The Hall–Kier alpha value is -2.54. The zero-order valence-electron chi connectivity index (χ0n) is 16.6. The number of benzene rings is 2. The van der Waals surface area contributed by atoms with Gasteiger partial charge < -0.3 is 15.4 Å². The number of amides is 1. The van der Waals surface area contributed by atoms with Gasteiger partial charge in [0.05, 0.1) is 30.3 Å². The van der Waals surface area contributed by atoms with Crippen molar-refractivity contribution >= 4 is 35.6 Å². The molecular weight excluding hydrogens is 423 g/mol. The predicted octanol–water partition coefficient (Wildman–Crippen LogP) is 4.68. The Morgan fingerprint density at radius 2 is 1.93 bits per heavy atom. The van der Waals surface area contributed by atoms with Crippen molar-refractivity contribution in [1.82, 2.24) is 15.1 Å². The first-order valence-electron chi connectivity index (χ1n) is 9.65. The highest BCUT2D eigenvalue weighted by Crippen LogP contribution is 2.31. The molecule has 6 nitrogen and oxygen atoms in total. The van der Waals surface area contributed by atoms with Crippen molar-refractivity contribution in [3.05, 3.63) is 71.0 Å². The molecule has 1 aliphatic heterocycles. The molecule has 0 radical (unpaired) electrons. The smallest absolute Gasteiger partial charge is 0.259 e. The topological polar surface area (TPSA) is 68.2 Å². The summed E-state index contributed by atoms with van der Waals surface area (Å²) in [5.41, 5.74) is 3.11. The van der Waals surface area contributed by atoms with E-state index in [2.05, 4.69) is 15.7 Å². The molecule has 2 heterocycles. The number of nitrogens with one attached hydrogen (secondary N) is 2. The van der Waals surface area contributed by atoms with Gasteiger partial charge in [0.1, 0.15) is 5.75 Å². The van der Waals surface area contributed by atoms with Crippen LogP contribution in [-0.4, -0.2) is 35.9 Å². The van der Waals surface area contributed by atoms with Crippen LogP contribution in [-0.2, 0) is 0 Å². The molecule has 1 fully saturated rings. The van der Waals surface area contributed by atoms with Crippen molar-refractivity contribution in [1.29, 1.82) is 0 Å². The summed E-state index contributed by atoms with van der Waals surface area (Å²) in [4.78, 5) is 13.1. The second-order valence-corrected chi connectivity index (χ2v) is 7.48. The van der Waals surface area contributed by atoms with Crippen LogP contribution in [0.25, 0.3) is 5.69 Å². The van der Waals surface area contributed by atoms with Gasteiger partial charge in [0, 0.05) is 22.7 Å². The number of rotatable bonds is 5. The Morgan fingerprint density at radius 1 is 1.20 bits per heavy atom. The lowest BCUT2D eigenvalue weighted by Gasteiger charge is -2.24. The van der Waals surface area contributed by atoms with E-state index in [4.69, 9.17) is 16.3 Å². The van der Waals surface area contributed by atoms with Crippen molar-refractivity contribution in [2.24, 2.45) is 0 Å². The molecule has 1 amide bonds. The van der Waals surface area contributed by atoms with Crippen molar-refractivity contribution in [3.8, 4) is 11.4 Å². The van der Waals surface area contributed by atoms with Crippen LogP contribution in [0, 0.1) is 0 Å². The summed E-state index contributed by atoms with van der Waals surface area (Å²) in [5.74, 6) is 0.769. The minimum absolute atomic E-state index is 0. The van der Waals surface area contributed by atoms with Crippen LogP contribution in [0.5, 0.6) is 5.75 Å². The van der Waals surface area contributed by atoms with Gasteiger partial charge in [-0.2, -0.15) is 5.10 Å². The lowest BCUT2D eigenvalue weighted by atomic mass is 9.91. The monoisotopic (exact) mass is 446 g/mol. The van der Waals surface area contributed by atoms with E-state index in [0.717, 1.165) is 37.3 Å². The van der Waals surface area contributed by atoms with Crippen LogP contribution < -0.4 is 15.4 Å². The minimum atomic E-state index is -0.174. The standard InChI is InChI=1S/C22H23ClN4O2.ClH/c1-29-19-4-2-3-17(13-19)26-22(28)20-14-25-27(18-7-5-16(23)6-8-18)21(20)15-9-11-24-12-10-15;/h2-8,13-15,24H,9-12H2,1H3,(H,26,28);1H. The lowest BCUT2D eigenvalue weighted by molar-refractivity contribution is 0.102. The van der Waals surface area contributed by atoms with Crippen LogP contribution >= 0.6 is 24.0 Å². The normalized spacial score (nSPS) is 14.1. The minimum Gasteiger partial charge on any atom is -0.497 e. The average Bonchev–Trinajstić information content (AvgIpc) is 3.20. The molecule has 4 rings (SSSR count). The number of hydrogen-bond donors (Lipinski definition) is 2. The molecule has 0 bridgehead atoms. The van der Waals surface area contributed by atoms with Gasteiger partial charge in [-0.25, -0.2) is 4.68 Å². The Bertz CT molecular complexity index is 999. The van der Waals surface area contributed by atoms with E-state index >= 15 is 0 Å². The average molecular weight is 447 g/mol. The fraction of sp³-hybridized carbons (Fsp3) is 0.273. The molecule has 0 saturated carbocycles. The van der Waals surface area contributed by atoms with Crippen LogP contribution in [0.1, 0.15) is 34.8 Å². The Kier molecular flexibility index (Phi) is 7.37. The van der Waals surface area contributed by atoms with Gasteiger partial charge in [-0.05, 0) is 62.3 Å². The van der Waals surface area contributed by atoms with E-state index in [1.165, 1.54) is 0 Å². The first-order valence-corrected chi connectivity index (χ1v) is 10.0. The number of aromatic nitrogens is 2. The molecule has 1 saturated heterocycles. The predicted molar refractivity (Wildman–Crippen MR) is 122 cm³/mol. The third-order valence-electron chi connectivity index (χ3n) is 5.18. The van der Waals surface area contributed by atoms with Crippen LogP contribution in [0.2, 0.25) is 5.02 Å². The van der Waals surface area contributed by atoms with Crippen LogP contribution in [0.15, 0.2) is 54.7 Å². The molecule has 0 spiro atoms. The molecule has 1 aromatic heterocycles. The van der Waals surface area contributed by atoms with E-state index in [1.807, 2.05) is 47.1 Å². The van der Waals surface area contributed by atoms with Gasteiger partial charge in [-0.1, -0.05) is 17.7 Å². The summed E-state index contributed by atoms with van der Waals surface area (Å²) in [6.45, 7) is 1.85. The molecule has 2 N–H and O–H groups in total. The van der Waals surface area contributed by atoms with E-state index in [0.29, 0.717) is 22.0 Å². The molecule has 0 aliphatic carbocycles. The summed E-state index contributed by atoms with van der Waals surface area (Å²) in [7, 11) is 1.60. The number of hydrogen-bond acceptors (Lipinski definition) is 4. The molecule has 158 valence electrons. The second-order valence-electron chi connectivity index (χ2n) is 7.04. The maximum atomic E-state index is 13.1. The van der Waals surface area contributed by atoms with Gasteiger partial charge in [0.2, 0.25) is 0 Å². The zero-order chi connectivity index (χ0) is 20.2. The number of carbonyl (C=O) groups is 1.